The Balaban J connectivity index is 2.11. The summed E-state index contributed by atoms with van der Waals surface area (Å²) < 4.78 is 1.67. The first-order valence-corrected chi connectivity index (χ1v) is 6.01. The Bertz CT molecular complexity index is 478. The van der Waals surface area contributed by atoms with Crippen LogP contribution in [0.25, 0.3) is 0 Å². The van der Waals surface area contributed by atoms with Gasteiger partial charge in [-0.05, 0) is 13.3 Å². The molecule has 1 heterocycles. The fraction of sp³-hybridized carbons (Fsp3) is 0.500. The van der Waals surface area contributed by atoms with Crippen molar-refractivity contribution in [2.45, 2.75) is 25.8 Å². The molecule has 0 amide bonds. The Morgan fingerprint density at radius 1 is 1.65 bits per heavy atom. The van der Waals surface area contributed by atoms with E-state index in [1.807, 2.05) is 19.1 Å². The molecule has 0 bridgehead atoms. The number of aromatic nitrogens is 2. The maximum absolute atomic E-state index is 12.1. The average Bonchev–Trinajstić information content (AvgIpc) is 2.79. The van der Waals surface area contributed by atoms with Crippen LogP contribution in [0.4, 0.5) is 0 Å². The third-order valence-corrected chi connectivity index (χ3v) is 3.63. The zero-order chi connectivity index (χ0) is 12.6. The van der Waals surface area contributed by atoms with Gasteiger partial charge >= 0.3 is 0 Å². The third-order valence-electron chi connectivity index (χ3n) is 3.13. The monoisotopic (exact) mass is 253 g/mol. The van der Waals surface area contributed by atoms with Crippen molar-refractivity contribution in [1.29, 1.82) is 0 Å². The molecular formula is C12H16ClN3O. The zero-order valence-corrected chi connectivity index (χ0v) is 10.7. The first kappa shape index (κ1) is 12.3. The number of hydrogen-bond donors (Lipinski definition) is 1. The lowest BCUT2D eigenvalue weighted by molar-refractivity contribution is -0.121. The number of carbonyl (C=O) groups is 1. The molecule has 2 atom stereocenters. The number of rotatable bonds is 3. The molecule has 0 aromatic carbocycles. The zero-order valence-electron chi connectivity index (χ0n) is 9.98. The average molecular weight is 254 g/mol. The summed E-state index contributed by atoms with van der Waals surface area (Å²) >= 11 is 6.12. The van der Waals surface area contributed by atoms with Crippen molar-refractivity contribution >= 4 is 17.4 Å². The highest BCUT2D eigenvalue weighted by Gasteiger charge is 2.24. The number of hydrogen-bond acceptors (Lipinski definition) is 3. The maximum Gasteiger partial charge on any atom is 0.145 e. The van der Waals surface area contributed by atoms with Crippen molar-refractivity contribution in [3.8, 4) is 0 Å². The van der Waals surface area contributed by atoms with E-state index < -0.39 is 0 Å². The second-order valence-corrected chi connectivity index (χ2v) is 4.88. The molecule has 17 heavy (non-hydrogen) atoms. The third kappa shape index (κ3) is 2.42. The summed E-state index contributed by atoms with van der Waals surface area (Å²) in [5, 5.41) is 4.78. The quantitative estimate of drug-likeness (QED) is 0.829. The Labute approximate surface area is 105 Å². The van der Waals surface area contributed by atoms with Crippen molar-refractivity contribution in [2.75, 3.05) is 0 Å². The van der Waals surface area contributed by atoms with Crippen LogP contribution >= 0.6 is 11.6 Å². The molecular weight excluding hydrogens is 238 g/mol. The first-order chi connectivity index (χ1) is 7.99. The molecule has 2 unspecified atom stereocenters. The van der Waals surface area contributed by atoms with Crippen LogP contribution in [0.3, 0.4) is 0 Å². The number of halogens is 1. The van der Waals surface area contributed by atoms with Crippen LogP contribution in [0, 0.1) is 12.8 Å². The summed E-state index contributed by atoms with van der Waals surface area (Å²) in [4.78, 5) is 12.1. The summed E-state index contributed by atoms with van der Waals surface area (Å²) in [6.45, 7) is 1.84. The highest BCUT2D eigenvalue weighted by Crippen LogP contribution is 2.24. The number of aryl methyl sites for hydroxylation is 2. The predicted octanol–water partition coefficient (Wildman–Crippen LogP) is 1.40. The fourth-order valence-electron chi connectivity index (χ4n) is 2.13. The highest BCUT2D eigenvalue weighted by molar-refractivity contribution is 6.32. The van der Waals surface area contributed by atoms with Crippen LogP contribution in [-0.2, 0) is 18.3 Å². The van der Waals surface area contributed by atoms with Gasteiger partial charge in [0.1, 0.15) is 5.78 Å². The lowest BCUT2D eigenvalue weighted by Crippen LogP contribution is -2.21. The topological polar surface area (TPSA) is 60.9 Å². The van der Waals surface area contributed by atoms with Gasteiger partial charge in [0.25, 0.3) is 0 Å². The smallest absolute Gasteiger partial charge is 0.145 e. The van der Waals surface area contributed by atoms with Gasteiger partial charge in [0.15, 0.2) is 0 Å². The van der Waals surface area contributed by atoms with E-state index in [-0.39, 0.29) is 17.7 Å². The van der Waals surface area contributed by atoms with Crippen LogP contribution < -0.4 is 5.73 Å². The van der Waals surface area contributed by atoms with Crippen molar-refractivity contribution < 1.29 is 4.79 Å². The largest absolute Gasteiger partial charge is 0.324 e. The van der Waals surface area contributed by atoms with Crippen molar-refractivity contribution in [3.63, 3.8) is 0 Å². The fourth-order valence-corrected chi connectivity index (χ4v) is 2.36. The molecule has 1 aromatic heterocycles. The molecule has 1 aliphatic rings. The molecule has 92 valence electrons. The lowest BCUT2D eigenvalue weighted by Gasteiger charge is -2.08. The van der Waals surface area contributed by atoms with E-state index >= 15 is 0 Å². The van der Waals surface area contributed by atoms with E-state index in [0.29, 0.717) is 17.9 Å². The standard InChI is InChI=1S/C12H16ClN3O/c1-7-12(13)10(16(2)15-7)6-11(17)8-3-4-9(14)5-8/h3-4,8-9H,5-6,14H2,1-2H3. The van der Waals surface area contributed by atoms with E-state index in [1.165, 1.54) is 0 Å². The van der Waals surface area contributed by atoms with Crippen LogP contribution in [0.5, 0.6) is 0 Å². The summed E-state index contributed by atoms with van der Waals surface area (Å²) in [7, 11) is 1.80. The van der Waals surface area contributed by atoms with Gasteiger partial charge in [-0.3, -0.25) is 9.48 Å². The highest BCUT2D eigenvalue weighted by atomic mass is 35.5. The molecule has 2 rings (SSSR count). The summed E-state index contributed by atoms with van der Waals surface area (Å²) in [5.41, 5.74) is 7.28. The number of Topliss-reactive ketones (excluding diaryl/α,β-unsaturated/α-hetero) is 1. The van der Waals surface area contributed by atoms with E-state index in [2.05, 4.69) is 5.10 Å². The minimum atomic E-state index is -0.0729. The van der Waals surface area contributed by atoms with E-state index in [4.69, 9.17) is 17.3 Å². The van der Waals surface area contributed by atoms with Crippen molar-refractivity contribution in [3.05, 3.63) is 28.6 Å². The Morgan fingerprint density at radius 3 is 2.82 bits per heavy atom. The van der Waals surface area contributed by atoms with Crippen LogP contribution in [0.1, 0.15) is 17.8 Å². The molecule has 2 N–H and O–H groups in total. The molecule has 1 aliphatic carbocycles. The van der Waals surface area contributed by atoms with Crippen LogP contribution in [0.15, 0.2) is 12.2 Å². The number of nitrogens with zero attached hydrogens (tertiary/aromatic N) is 2. The van der Waals surface area contributed by atoms with Gasteiger partial charge < -0.3 is 5.73 Å². The minimum absolute atomic E-state index is 0.00713. The van der Waals surface area contributed by atoms with Gasteiger partial charge in [-0.2, -0.15) is 5.10 Å². The second kappa shape index (κ2) is 4.63. The normalized spacial score (nSPS) is 23.3. The summed E-state index contributed by atoms with van der Waals surface area (Å²) in [6.07, 6.45) is 4.80. The van der Waals surface area contributed by atoms with Gasteiger partial charge in [0.05, 0.1) is 22.8 Å². The van der Waals surface area contributed by atoms with Gasteiger partial charge in [0.2, 0.25) is 0 Å². The van der Waals surface area contributed by atoms with Gasteiger partial charge in [-0.15, -0.1) is 0 Å². The summed E-state index contributed by atoms with van der Waals surface area (Å²) in [6, 6.07) is 0.00713. The first-order valence-electron chi connectivity index (χ1n) is 5.63. The van der Waals surface area contributed by atoms with Crippen molar-refractivity contribution in [2.24, 2.45) is 18.7 Å². The molecule has 0 aliphatic heterocycles. The molecule has 0 fully saturated rings. The number of nitrogens with two attached hydrogens (primary N) is 1. The predicted molar refractivity (Wildman–Crippen MR) is 66.9 cm³/mol. The molecule has 1 aromatic rings. The molecule has 5 heteroatoms. The Kier molecular flexibility index (Phi) is 3.35. The SMILES string of the molecule is Cc1nn(C)c(CC(=O)C2C=CC(N)C2)c1Cl. The van der Waals surface area contributed by atoms with E-state index in [1.54, 1.807) is 11.7 Å². The maximum atomic E-state index is 12.1. The number of allylic oxidation sites excluding steroid dienone is 1. The van der Waals surface area contributed by atoms with Gasteiger partial charge in [0, 0.05) is 19.0 Å². The van der Waals surface area contributed by atoms with Crippen molar-refractivity contribution in [1.82, 2.24) is 9.78 Å². The second-order valence-electron chi connectivity index (χ2n) is 4.50. The molecule has 0 saturated carbocycles. The summed E-state index contributed by atoms with van der Waals surface area (Å²) in [5.74, 6) is 0.0790. The minimum Gasteiger partial charge on any atom is -0.324 e. The number of carbonyl (C=O) groups excluding carboxylic acids is 1. The van der Waals surface area contributed by atoms with Gasteiger partial charge in [-0.25, -0.2) is 0 Å². The van der Waals surface area contributed by atoms with E-state index in [0.717, 1.165) is 11.4 Å². The van der Waals surface area contributed by atoms with E-state index in [9.17, 15) is 4.79 Å². The van der Waals surface area contributed by atoms with Gasteiger partial charge in [-0.1, -0.05) is 23.8 Å². The molecule has 0 spiro atoms. The lowest BCUT2D eigenvalue weighted by atomic mass is 9.99. The molecule has 0 saturated heterocycles. The van der Waals surface area contributed by atoms with Crippen LogP contribution in [-0.4, -0.2) is 21.6 Å². The van der Waals surface area contributed by atoms with Crippen LogP contribution in [0.2, 0.25) is 5.02 Å². The molecule has 4 nitrogen and oxygen atoms in total. The number of ketones is 1. The Hall–Kier alpha value is -1.13. The Morgan fingerprint density at radius 2 is 2.35 bits per heavy atom. The molecule has 0 radical (unpaired) electrons.